The van der Waals surface area contributed by atoms with E-state index in [0.29, 0.717) is 5.56 Å². The highest BCUT2D eigenvalue weighted by Crippen LogP contribution is 2.44. The van der Waals surface area contributed by atoms with Crippen molar-refractivity contribution in [1.82, 2.24) is 5.32 Å². The van der Waals surface area contributed by atoms with E-state index in [9.17, 15) is 18.0 Å². The van der Waals surface area contributed by atoms with E-state index in [-0.39, 0.29) is 24.7 Å². The summed E-state index contributed by atoms with van der Waals surface area (Å²) >= 11 is 0. The third kappa shape index (κ3) is 6.92. The molecule has 0 bridgehead atoms. The first-order chi connectivity index (χ1) is 17.9. The number of hydrogen-bond donors (Lipinski definition) is 1. The monoisotopic (exact) mass is 537 g/mol. The van der Waals surface area contributed by atoms with Crippen LogP contribution in [-0.4, -0.2) is 45.0 Å². The zero-order valence-electron chi connectivity index (χ0n) is 21.8. The summed E-state index contributed by atoms with van der Waals surface area (Å²) in [5.41, 5.74) is 4.31. The molecule has 8 nitrogen and oxygen atoms in total. The van der Waals surface area contributed by atoms with E-state index in [1.807, 2.05) is 36.4 Å². The molecule has 3 aromatic carbocycles. The number of rotatable bonds is 8. The van der Waals surface area contributed by atoms with Crippen LogP contribution in [0, 0.1) is 0 Å². The Hall–Kier alpha value is -3.85. The molecule has 0 aromatic heterocycles. The van der Waals surface area contributed by atoms with Gasteiger partial charge in [0.1, 0.15) is 24.0 Å². The number of ether oxygens (including phenoxy) is 2. The quantitative estimate of drug-likeness (QED) is 0.324. The van der Waals surface area contributed by atoms with E-state index >= 15 is 0 Å². The minimum atomic E-state index is -3.66. The Balaban J connectivity index is 1.46. The normalized spacial score (nSPS) is 13.7. The average Bonchev–Trinajstić information content (AvgIpc) is 3.15. The molecular formula is C29H31NO7S. The molecule has 0 saturated carbocycles. The van der Waals surface area contributed by atoms with Crippen molar-refractivity contribution in [3.63, 3.8) is 0 Å². The lowest BCUT2D eigenvalue weighted by Crippen LogP contribution is -2.46. The number of carbonyl (C=O) groups is 2. The second-order valence-electron chi connectivity index (χ2n) is 10.2. The van der Waals surface area contributed by atoms with Gasteiger partial charge < -0.3 is 19.0 Å². The molecule has 1 amide bonds. The molecule has 0 spiro atoms. The van der Waals surface area contributed by atoms with Crippen LogP contribution in [0.15, 0.2) is 72.8 Å². The van der Waals surface area contributed by atoms with Gasteiger partial charge in [0.2, 0.25) is 0 Å². The fourth-order valence-corrected chi connectivity index (χ4v) is 4.90. The van der Waals surface area contributed by atoms with Gasteiger partial charge in [0, 0.05) is 12.3 Å². The van der Waals surface area contributed by atoms with Crippen LogP contribution >= 0.6 is 0 Å². The van der Waals surface area contributed by atoms with E-state index < -0.39 is 33.8 Å². The molecular weight excluding hydrogens is 506 g/mol. The number of amides is 1. The number of fused-ring (bicyclic) bond motifs is 3. The second kappa shape index (κ2) is 10.9. The maximum absolute atomic E-state index is 12.9. The van der Waals surface area contributed by atoms with Crippen LogP contribution in [0.5, 0.6) is 5.75 Å². The number of alkyl carbamates (subject to hydrolysis) is 1. The first kappa shape index (κ1) is 27.2. The molecule has 200 valence electrons. The standard InChI is InChI=1S/C29H31NO7S/c1-29(2,3)36-27(31)26(17-19-13-15-20(16-14-19)37-38(4,33)34)30-28(32)35-18-25-23-11-7-5-9-21(23)22-10-6-8-12-24(22)25/h5-16,25-26H,17-18H2,1-4H3,(H,30,32)/t26-/m0/s1. The van der Waals surface area contributed by atoms with Crippen molar-refractivity contribution in [1.29, 1.82) is 0 Å². The summed E-state index contributed by atoms with van der Waals surface area (Å²) in [5.74, 6) is -0.576. The molecule has 1 atom stereocenters. The number of nitrogens with one attached hydrogen (secondary N) is 1. The van der Waals surface area contributed by atoms with E-state index in [1.54, 1.807) is 32.9 Å². The second-order valence-corrected chi connectivity index (χ2v) is 11.8. The Morgan fingerprint density at radius 2 is 1.45 bits per heavy atom. The molecule has 0 heterocycles. The van der Waals surface area contributed by atoms with Gasteiger partial charge in [-0.05, 0) is 60.7 Å². The molecule has 0 fully saturated rings. The van der Waals surface area contributed by atoms with Gasteiger partial charge in [0.05, 0.1) is 6.26 Å². The molecule has 4 rings (SSSR count). The summed E-state index contributed by atoms with van der Waals surface area (Å²) in [6.07, 6.45) is 0.329. The predicted octanol–water partition coefficient (Wildman–Crippen LogP) is 4.82. The first-order valence-electron chi connectivity index (χ1n) is 12.2. The van der Waals surface area contributed by atoms with Crippen molar-refractivity contribution in [2.24, 2.45) is 0 Å². The van der Waals surface area contributed by atoms with E-state index in [1.165, 1.54) is 12.1 Å². The summed E-state index contributed by atoms with van der Waals surface area (Å²) in [4.78, 5) is 25.8. The molecule has 1 aliphatic carbocycles. The summed E-state index contributed by atoms with van der Waals surface area (Å²) < 4.78 is 38.7. The van der Waals surface area contributed by atoms with Gasteiger partial charge in [0.15, 0.2) is 0 Å². The summed E-state index contributed by atoms with van der Waals surface area (Å²) in [7, 11) is -3.66. The van der Waals surface area contributed by atoms with Crippen LogP contribution in [0.3, 0.4) is 0 Å². The first-order valence-corrected chi connectivity index (χ1v) is 14.0. The van der Waals surface area contributed by atoms with Crippen LogP contribution in [0.1, 0.15) is 43.4 Å². The molecule has 0 radical (unpaired) electrons. The molecule has 1 N–H and O–H groups in total. The summed E-state index contributed by atoms with van der Waals surface area (Å²) in [6.45, 7) is 5.34. The van der Waals surface area contributed by atoms with Crippen LogP contribution in [0.4, 0.5) is 4.79 Å². The van der Waals surface area contributed by atoms with Crippen LogP contribution in [-0.2, 0) is 30.8 Å². The molecule has 9 heteroatoms. The third-order valence-corrected chi connectivity index (χ3v) is 6.43. The van der Waals surface area contributed by atoms with Gasteiger partial charge in [-0.2, -0.15) is 8.42 Å². The van der Waals surface area contributed by atoms with E-state index in [4.69, 9.17) is 13.7 Å². The Kier molecular flexibility index (Phi) is 7.78. The van der Waals surface area contributed by atoms with Crippen molar-refractivity contribution in [2.45, 2.75) is 44.8 Å². The van der Waals surface area contributed by atoms with Gasteiger partial charge in [-0.25, -0.2) is 9.59 Å². The van der Waals surface area contributed by atoms with Crippen LogP contribution < -0.4 is 9.50 Å². The Morgan fingerprint density at radius 3 is 1.97 bits per heavy atom. The van der Waals surface area contributed by atoms with Crippen molar-refractivity contribution in [2.75, 3.05) is 12.9 Å². The van der Waals surface area contributed by atoms with E-state index in [0.717, 1.165) is 28.5 Å². The number of carbonyl (C=O) groups excluding carboxylic acids is 2. The largest absolute Gasteiger partial charge is 0.458 e. The summed E-state index contributed by atoms with van der Waals surface area (Å²) in [6, 6.07) is 21.2. The molecule has 1 aliphatic rings. The SMILES string of the molecule is CC(C)(C)OC(=O)[C@H](Cc1ccc(OS(C)(=O)=O)cc1)NC(=O)OCC1c2ccccc2-c2ccccc21. The number of hydrogen-bond acceptors (Lipinski definition) is 7. The van der Waals surface area contributed by atoms with Crippen LogP contribution in [0.2, 0.25) is 0 Å². The van der Waals surface area contributed by atoms with Crippen molar-refractivity contribution in [3.05, 3.63) is 89.5 Å². The van der Waals surface area contributed by atoms with Crippen molar-refractivity contribution >= 4 is 22.2 Å². The number of benzene rings is 3. The fraction of sp³-hybridized carbons (Fsp3) is 0.310. The lowest BCUT2D eigenvalue weighted by molar-refractivity contribution is -0.157. The summed E-state index contributed by atoms with van der Waals surface area (Å²) in [5, 5.41) is 2.65. The zero-order valence-corrected chi connectivity index (χ0v) is 22.6. The Bertz CT molecular complexity index is 1380. The maximum atomic E-state index is 12.9. The fourth-order valence-electron chi connectivity index (χ4n) is 4.44. The minimum absolute atomic E-state index is 0.109. The third-order valence-electron chi connectivity index (χ3n) is 5.94. The van der Waals surface area contributed by atoms with Gasteiger partial charge in [-0.1, -0.05) is 60.7 Å². The highest BCUT2D eigenvalue weighted by atomic mass is 32.2. The highest BCUT2D eigenvalue weighted by molar-refractivity contribution is 7.86. The molecule has 0 aliphatic heterocycles. The van der Waals surface area contributed by atoms with Crippen LogP contribution in [0.25, 0.3) is 11.1 Å². The topological polar surface area (TPSA) is 108 Å². The predicted molar refractivity (Wildman–Crippen MR) is 143 cm³/mol. The zero-order chi connectivity index (χ0) is 27.5. The lowest BCUT2D eigenvalue weighted by atomic mass is 9.98. The van der Waals surface area contributed by atoms with Gasteiger partial charge in [-0.15, -0.1) is 0 Å². The Labute approximate surface area is 223 Å². The van der Waals surface area contributed by atoms with E-state index in [2.05, 4.69) is 17.4 Å². The number of esters is 1. The van der Waals surface area contributed by atoms with Gasteiger partial charge >= 0.3 is 22.2 Å². The molecule has 38 heavy (non-hydrogen) atoms. The van der Waals surface area contributed by atoms with Crippen molar-refractivity contribution in [3.8, 4) is 16.9 Å². The molecule has 3 aromatic rings. The smallest absolute Gasteiger partial charge is 0.407 e. The lowest BCUT2D eigenvalue weighted by Gasteiger charge is -2.25. The molecule has 0 unspecified atom stereocenters. The van der Waals surface area contributed by atoms with Crippen molar-refractivity contribution < 1.29 is 31.7 Å². The minimum Gasteiger partial charge on any atom is -0.458 e. The average molecular weight is 538 g/mol. The van der Waals surface area contributed by atoms with Gasteiger partial charge in [-0.3, -0.25) is 0 Å². The highest BCUT2D eigenvalue weighted by Gasteiger charge is 2.31. The molecule has 0 saturated heterocycles. The van der Waals surface area contributed by atoms with Gasteiger partial charge in [0.25, 0.3) is 0 Å². The Morgan fingerprint density at radius 1 is 0.895 bits per heavy atom. The maximum Gasteiger partial charge on any atom is 0.407 e.